The Balaban J connectivity index is 1.75. The Kier molecular flexibility index (Phi) is 3.73. The van der Waals surface area contributed by atoms with Crippen molar-refractivity contribution < 1.29 is 14.1 Å². The summed E-state index contributed by atoms with van der Waals surface area (Å²) in [5.74, 6) is -0.185. The van der Waals surface area contributed by atoms with Crippen LogP contribution in [0.5, 0.6) is 0 Å². The van der Waals surface area contributed by atoms with Gasteiger partial charge in [0.2, 0.25) is 0 Å². The molecule has 1 aliphatic heterocycles. The quantitative estimate of drug-likeness (QED) is 0.845. The molecule has 0 unspecified atom stereocenters. The smallest absolute Gasteiger partial charge is 0.398 e. The van der Waals surface area contributed by atoms with E-state index in [1.54, 1.807) is 6.20 Å². The van der Waals surface area contributed by atoms with E-state index in [2.05, 4.69) is 15.3 Å². The van der Waals surface area contributed by atoms with E-state index in [1.807, 2.05) is 27.7 Å². The van der Waals surface area contributed by atoms with Gasteiger partial charge in [0, 0.05) is 12.2 Å². The molecule has 6 nitrogen and oxygen atoms in total. The van der Waals surface area contributed by atoms with Crippen molar-refractivity contribution in [3.8, 4) is 0 Å². The highest BCUT2D eigenvalue weighted by Crippen LogP contribution is 2.36. The zero-order valence-electron chi connectivity index (χ0n) is 13.5. The van der Waals surface area contributed by atoms with Crippen LogP contribution >= 0.6 is 0 Å². The van der Waals surface area contributed by atoms with Crippen molar-refractivity contribution in [1.82, 2.24) is 15.3 Å². The lowest BCUT2D eigenvalue weighted by molar-refractivity contribution is 0.00578. The molecule has 22 heavy (non-hydrogen) atoms. The number of hydrogen-bond acceptors (Lipinski definition) is 5. The highest BCUT2D eigenvalue weighted by Gasteiger charge is 2.52. The number of carbonyl (C=O) groups excluding carboxylic acids is 1. The molecule has 1 aromatic heterocycles. The van der Waals surface area contributed by atoms with Gasteiger partial charge in [0.15, 0.2) is 0 Å². The Bertz CT molecular complexity index is 571. The van der Waals surface area contributed by atoms with Gasteiger partial charge in [0.25, 0.3) is 5.91 Å². The van der Waals surface area contributed by atoms with Crippen LogP contribution in [0.25, 0.3) is 0 Å². The molecule has 0 spiro atoms. The van der Waals surface area contributed by atoms with Gasteiger partial charge in [-0.15, -0.1) is 0 Å². The van der Waals surface area contributed by atoms with Crippen molar-refractivity contribution >= 4 is 18.6 Å². The summed E-state index contributed by atoms with van der Waals surface area (Å²) in [6.07, 6.45) is 6.31. The van der Waals surface area contributed by atoms with Crippen LogP contribution in [0.15, 0.2) is 12.4 Å². The lowest BCUT2D eigenvalue weighted by Gasteiger charge is -2.32. The van der Waals surface area contributed by atoms with Crippen LogP contribution in [0.4, 0.5) is 0 Å². The molecular weight excluding hydrogens is 281 g/mol. The van der Waals surface area contributed by atoms with Crippen molar-refractivity contribution in [1.29, 1.82) is 0 Å². The van der Waals surface area contributed by atoms with E-state index >= 15 is 0 Å². The molecule has 1 aliphatic carbocycles. The van der Waals surface area contributed by atoms with Gasteiger partial charge in [-0.05, 0) is 47.0 Å². The number of carbonyl (C=O) groups is 1. The zero-order valence-corrected chi connectivity index (χ0v) is 13.5. The topological polar surface area (TPSA) is 73.3 Å². The third-order valence-electron chi connectivity index (χ3n) is 4.82. The molecular formula is C15H22BN3O3. The standard InChI is InChI=1S/C15H22BN3O3/c1-14(2)15(3,4)22-16(21-14)12-9-17-8-11(19-12)13(20)18-10-6-5-7-10/h8-10H,5-7H2,1-4H3,(H,18,20). The van der Waals surface area contributed by atoms with Crippen molar-refractivity contribution in [2.24, 2.45) is 0 Å². The summed E-state index contributed by atoms with van der Waals surface area (Å²) in [6, 6.07) is 0.273. The van der Waals surface area contributed by atoms with E-state index < -0.39 is 18.3 Å². The minimum Gasteiger partial charge on any atom is -0.398 e. The first-order valence-electron chi connectivity index (χ1n) is 7.77. The monoisotopic (exact) mass is 303 g/mol. The summed E-state index contributed by atoms with van der Waals surface area (Å²) in [5.41, 5.74) is -0.0494. The molecule has 1 saturated carbocycles. The van der Waals surface area contributed by atoms with Crippen LogP contribution < -0.4 is 10.9 Å². The fourth-order valence-electron chi connectivity index (χ4n) is 2.38. The van der Waals surface area contributed by atoms with E-state index in [1.165, 1.54) is 12.6 Å². The first-order chi connectivity index (χ1) is 10.3. The van der Waals surface area contributed by atoms with Crippen LogP contribution in [0.1, 0.15) is 57.4 Å². The highest BCUT2D eigenvalue weighted by molar-refractivity contribution is 6.61. The molecule has 2 fully saturated rings. The molecule has 0 radical (unpaired) electrons. The number of aromatic nitrogens is 2. The van der Waals surface area contributed by atoms with Gasteiger partial charge < -0.3 is 14.6 Å². The third kappa shape index (κ3) is 2.75. The van der Waals surface area contributed by atoms with Gasteiger partial charge in [0.05, 0.1) is 23.0 Å². The third-order valence-corrected chi connectivity index (χ3v) is 4.82. The average molecular weight is 303 g/mol. The Morgan fingerprint density at radius 1 is 1.23 bits per heavy atom. The van der Waals surface area contributed by atoms with Crippen LogP contribution in [0.3, 0.4) is 0 Å². The fraction of sp³-hybridized carbons (Fsp3) is 0.667. The van der Waals surface area contributed by atoms with Crippen molar-refractivity contribution in [3.63, 3.8) is 0 Å². The Hall–Kier alpha value is -1.47. The average Bonchev–Trinajstić information content (AvgIpc) is 2.63. The largest absolute Gasteiger partial charge is 0.516 e. The van der Waals surface area contributed by atoms with Crippen LogP contribution in [0.2, 0.25) is 0 Å². The Morgan fingerprint density at radius 3 is 2.41 bits per heavy atom. The first-order valence-corrected chi connectivity index (χ1v) is 7.77. The Labute approximate surface area is 131 Å². The maximum atomic E-state index is 12.2. The lowest BCUT2D eigenvalue weighted by atomic mass is 9.85. The van der Waals surface area contributed by atoms with Gasteiger partial charge in [-0.25, -0.2) is 4.98 Å². The molecule has 1 aromatic rings. The van der Waals surface area contributed by atoms with Gasteiger partial charge in [-0.3, -0.25) is 9.78 Å². The second-order valence-corrected chi connectivity index (χ2v) is 7.02. The maximum Gasteiger partial charge on any atom is 0.516 e. The van der Waals surface area contributed by atoms with Crippen molar-refractivity contribution in [3.05, 3.63) is 18.1 Å². The van der Waals surface area contributed by atoms with Crippen LogP contribution in [-0.4, -0.2) is 40.2 Å². The molecule has 1 N–H and O–H groups in total. The maximum absolute atomic E-state index is 12.2. The van der Waals surface area contributed by atoms with Crippen LogP contribution in [0, 0.1) is 0 Å². The summed E-state index contributed by atoms with van der Waals surface area (Å²) >= 11 is 0. The first kappa shape index (κ1) is 15.4. The summed E-state index contributed by atoms with van der Waals surface area (Å²) < 4.78 is 11.9. The second kappa shape index (κ2) is 5.31. The van der Waals surface area contributed by atoms with Crippen LogP contribution in [-0.2, 0) is 9.31 Å². The number of amides is 1. The summed E-state index contributed by atoms with van der Waals surface area (Å²) in [4.78, 5) is 20.7. The molecule has 0 atom stereocenters. The SMILES string of the molecule is CC1(C)OB(c2cncc(C(=O)NC3CCC3)n2)OC1(C)C. The van der Waals surface area contributed by atoms with Gasteiger partial charge in [-0.1, -0.05) is 0 Å². The molecule has 7 heteroatoms. The van der Waals surface area contributed by atoms with Crippen molar-refractivity contribution in [2.45, 2.75) is 64.2 Å². The van der Waals surface area contributed by atoms with E-state index in [-0.39, 0.29) is 11.9 Å². The minimum absolute atomic E-state index is 0.185. The van der Waals surface area contributed by atoms with Gasteiger partial charge >= 0.3 is 7.12 Å². The minimum atomic E-state index is -0.603. The van der Waals surface area contributed by atoms with Gasteiger partial charge in [0.1, 0.15) is 5.69 Å². The molecule has 118 valence electrons. The van der Waals surface area contributed by atoms with E-state index in [0.717, 1.165) is 12.8 Å². The lowest BCUT2D eigenvalue weighted by Crippen LogP contribution is -2.42. The van der Waals surface area contributed by atoms with E-state index in [4.69, 9.17) is 9.31 Å². The van der Waals surface area contributed by atoms with Gasteiger partial charge in [-0.2, -0.15) is 0 Å². The summed E-state index contributed by atoms with van der Waals surface area (Å²) in [5, 5.41) is 2.96. The predicted molar refractivity (Wildman–Crippen MR) is 82.9 cm³/mol. The zero-order chi connectivity index (χ0) is 16.0. The highest BCUT2D eigenvalue weighted by atomic mass is 16.7. The molecule has 1 saturated heterocycles. The number of hydrogen-bond donors (Lipinski definition) is 1. The van der Waals surface area contributed by atoms with E-state index in [0.29, 0.717) is 11.3 Å². The molecule has 2 heterocycles. The fourth-order valence-corrected chi connectivity index (χ4v) is 2.38. The predicted octanol–water partition coefficient (Wildman–Crippen LogP) is 1.06. The number of nitrogens with one attached hydrogen (secondary N) is 1. The molecule has 0 aromatic carbocycles. The normalized spacial score (nSPS) is 23.2. The summed E-state index contributed by atoms with van der Waals surface area (Å²) in [6.45, 7) is 7.92. The molecule has 0 bridgehead atoms. The number of rotatable bonds is 3. The second-order valence-electron chi connectivity index (χ2n) is 7.02. The van der Waals surface area contributed by atoms with E-state index in [9.17, 15) is 4.79 Å². The Morgan fingerprint density at radius 2 is 1.86 bits per heavy atom. The number of nitrogens with zero attached hydrogens (tertiary/aromatic N) is 2. The van der Waals surface area contributed by atoms with Crippen molar-refractivity contribution in [2.75, 3.05) is 0 Å². The molecule has 1 amide bonds. The summed E-state index contributed by atoms with van der Waals surface area (Å²) in [7, 11) is -0.603. The molecule has 2 aliphatic rings. The molecule has 3 rings (SSSR count).